The average molecular weight is 354 g/mol. The first-order chi connectivity index (χ1) is 11.0. The van der Waals surface area contributed by atoms with Gasteiger partial charge in [0.05, 0.1) is 0 Å². The minimum atomic E-state index is -0.719. The zero-order chi connectivity index (χ0) is 16.8. The van der Waals surface area contributed by atoms with Gasteiger partial charge in [-0.05, 0) is 43.7 Å². The molecule has 0 fully saturated rings. The Balaban J connectivity index is 0.00000288. The summed E-state index contributed by atoms with van der Waals surface area (Å²) in [6.45, 7) is 3.28. The molecule has 0 aliphatic heterocycles. The molecule has 0 heterocycles. The summed E-state index contributed by atoms with van der Waals surface area (Å²) in [5.41, 5.74) is 6.24. The van der Waals surface area contributed by atoms with Gasteiger partial charge in [0.1, 0.15) is 23.7 Å². The number of rotatable bonds is 6. The molecule has 0 aromatic heterocycles. The number of hydrogen-bond acceptors (Lipinski definition) is 4. The van der Waals surface area contributed by atoms with Gasteiger partial charge in [-0.25, -0.2) is 4.39 Å². The first kappa shape index (κ1) is 19.9. The Labute approximate surface area is 147 Å². The zero-order valence-electron chi connectivity index (χ0n) is 13.5. The Morgan fingerprint density at radius 2 is 1.62 bits per heavy atom. The fourth-order valence-electron chi connectivity index (χ4n) is 2.09. The maximum Gasteiger partial charge on any atom is 0.323 e. The third-order valence-corrected chi connectivity index (χ3v) is 3.30. The molecule has 130 valence electrons. The van der Waals surface area contributed by atoms with Gasteiger partial charge in [0, 0.05) is 0 Å². The topological polar surface area (TPSA) is 61.6 Å². The molecule has 2 rings (SSSR count). The van der Waals surface area contributed by atoms with Crippen molar-refractivity contribution in [2.24, 2.45) is 5.73 Å². The molecular weight excluding hydrogens is 333 g/mol. The highest BCUT2D eigenvalue weighted by atomic mass is 35.5. The van der Waals surface area contributed by atoms with Crippen LogP contribution >= 0.6 is 12.4 Å². The lowest BCUT2D eigenvalue weighted by Gasteiger charge is -2.26. The molecule has 0 aliphatic carbocycles. The van der Waals surface area contributed by atoms with Crippen molar-refractivity contribution in [1.82, 2.24) is 0 Å². The number of nitrogens with two attached hydrogens (primary N) is 1. The Morgan fingerprint density at radius 3 is 2.17 bits per heavy atom. The van der Waals surface area contributed by atoms with Gasteiger partial charge in [-0.3, -0.25) is 4.79 Å². The van der Waals surface area contributed by atoms with Crippen molar-refractivity contribution in [3.63, 3.8) is 0 Å². The number of para-hydroxylation sites is 1. The largest absolute Gasteiger partial charge is 0.482 e. The van der Waals surface area contributed by atoms with E-state index in [1.165, 1.54) is 12.1 Å². The van der Waals surface area contributed by atoms with E-state index in [1.54, 1.807) is 38.1 Å². The van der Waals surface area contributed by atoms with Crippen LogP contribution in [0.2, 0.25) is 0 Å². The zero-order valence-corrected chi connectivity index (χ0v) is 14.3. The first-order valence-corrected chi connectivity index (χ1v) is 7.40. The van der Waals surface area contributed by atoms with Gasteiger partial charge in [-0.2, -0.15) is 0 Å². The molecule has 6 heteroatoms. The van der Waals surface area contributed by atoms with E-state index in [0.717, 1.165) is 0 Å². The molecule has 2 aromatic carbocycles. The van der Waals surface area contributed by atoms with Crippen LogP contribution in [-0.4, -0.2) is 18.1 Å². The molecule has 0 aliphatic rings. The van der Waals surface area contributed by atoms with Crippen LogP contribution in [0.5, 0.6) is 5.75 Å². The minimum Gasteiger partial charge on any atom is -0.482 e. The summed E-state index contributed by atoms with van der Waals surface area (Å²) < 4.78 is 24.4. The van der Waals surface area contributed by atoms with Crippen molar-refractivity contribution in [2.45, 2.75) is 32.1 Å². The lowest BCUT2D eigenvalue weighted by molar-refractivity contribution is -0.154. The number of benzene rings is 2. The standard InChI is InChI=1S/C18H20FNO3.ClH/c1-12(20)18(21)22-13(2)17(14-8-10-15(19)11-9-14)23-16-6-4-3-5-7-16;/h3-13,17H,20H2,1-2H3;1H/t12?,13-,17-;/m0./s1. The first-order valence-electron chi connectivity index (χ1n) is 7.40. The molecular formula is C18H21ClFNO3. The summed E-state index contributed by atoms with van der Waals surface area (Å²) in [7, 11) is 0. The lowest BCUT2D eigenvalue weighted by atomic mass is 10.0. The molecule has 0 bridgehead atoms. The molecule has 0 saturated heterocycles. The maximum atomic E-state index is 13.2. The molecule has 0 saturated carbocycles. The second kappa shape index (κ2) is 9.25. The summed E-state index contributed by atoms with van der Waals surface area (Å²) in [6.07, 6.45) is -1.15. The summed E-state index contributed by atoms with van der Waals surface area (Å²) >= 11 is 0. The van der Waals surface area contributed by atoms with E-state index in [4.69, 9.17) is 15.2 Å². The van der Waals surface area contributed by atoms with Gasteiger partial charge in [-0.15, -0.1) is 12.4 Å². The SMILES string of the molecule is CC(N)C(=O)O[C@@H](C)[C@H](Oc1ccccc1)c1ccc(F)cc1.Cl. The molecule has 0 spiro atoms. The van der Waals surface area contributed by atoms with Crippen LogP contribution in [0.25, 0.3) is 0 Å². The predicted octanol–water partition coefficient (Wildman–Crippen LogP) is 3.65. The summed E-state index contributed by atoms with van der Waals surface area (Å²) in [6, 6.07) is 14.4. The second-order valence-electron chi connectivity index (χ2n) is 5.33. The van der Waals surface area contributed by atoms with Gasteiger partial charge in [-0.1, -0.05) is 30.3 Å². The van der Waals surface area contributed by atoms with Crippen molar-refractivity contribution >= 4 is 18.4 Å². The Hall–Kier alpha value is -2.11. The third kappa shape index (κ3) is 5.51. The molecule has 0 radical (unpaired) electrons. The summed E-state index contributed by atoms with van der Waals surface area (Å²) in [5.74, 6) is -0.223. The number of carbonyl (C=O) groups is 1. The van der Waals surface area contributed by atoms with Crippen molar-refractivity contribution in [3.05, 3.63) is 66.0 Å². The van der Waals surface area contributed by atoms with Crippen LogP contribution in [-0.2, 0) is 9.53 Å². The smallest absolute Gasteiger partial charge is 0.323 e. The van der Waals surface area contributed by atoms with E-state index in [-0.39, 0.29) is 18.2 Å². The van der Waals surface area contributed by atoms with Crippen LogP contribution in [0.1, 0.15) is 25.5 Å². The Morgan fingerprint density at radius 1 is 1.04 bits per heavy atom. The van der Waals surface area contributed by atoms with Crippen LogP contribution in [0.3, 0.4) is 0 Å². The number of hydrogen-bond donors (Lipinski definition) is 1. The fourth-order valence-corrected chi connectivity index (χ4v) is 2.09. The van der Waals surface area contributed by atoms with Crippen molar-refractivity contribution < 1.29 is 18.7 Å². The summed E-state index contributed by atoms with van der Waals surface area (Å²) in [5, 5.41) is 0. The molecule has 0 amide bonds. The highest BCUT2D eigenvalue weighted by molar-refractivity contribution is 5.85. The van der Waals surface area contributed by atoms with Crippen LogP contribution in [0.15, 0.2) is 54.6 Å². The number of halogens is 2. The lowest BCUT2D eigenvalue weighted by Crippen LogP contribution is -2.34. The summed E-state index contributed by atoms with van der Waals surface area (Å²) in [4.78, 5) is 11.7. The van der Waals surface area contributed by atoms with Gasteiger partial charge >= 0.3 is 5.97 Å². The van der Waals surface area contributed by atoms with Crippen LogP contribution in [0.4, 0.5) is 4.39 Å². The quantitative estimate of drug-likeness (QED) is 0.805. The monoisotopic (exact) mass is 353 g/mol. The molecule has 2 N–H and O–H groups in total. The van der Waals surface area contributed by atoms with Crippen LogP contribution < -0.4 is 10.5 Å². The molecule has 24 heavy (non-hydrogen) atoms. The third-order valence-electron chi connectivity index (χ3n) is 3.30. The van der Waals surface area contributed by atoms with Crippen molar-refractivity contribution in [1.29, 1.82) is 0 Å². The van der Waals surface area contributed by atoms with E-state index in [1.807, 2.05) is 18.2 Å². The van der Waals surface area contributed by atoms with Gasteiger partial charge in [0.25, 0.3) is 0 Å². The van der Waals surface area contributed by atoms with E-state index < -0.39 is 24.2 Å². The molecule has 2 aromatic rings. The highest BCUT2D eigenvalue weighted by Crippen LogP contribution is 2.27. The van der Waals surface area contributed by atoms with E-state index in [2.05, 4.69) is 0 Å². The Bertz CT molecular complexity index is 634. The maximum absolute atomic E-state index is 13.2. The van der Waals surface area contributed by atoms with E-state index in [9.17, 15) is 9.18 Å². The number of carbonyl (C=O) groups excluding carboxylic acids is 1. The Kier molecular flexibility index (Phi) is 7.68. The normalized spacial score (nSPS) is 14.0. The number of ether oxygens (including phenoxy) is 2. The predicted molar refractivity (Wildman–Crippen MR) is 92.7 cm³/mol. The molecule has 1 unspecified atom stereocenters. The van der Waals surface area contributed by atoms with E-state index in [0.29, 0.717) is 11.3 Å². The van der Waals surface area contributed by atoms with Gasteiger partial charge < -0.3 is 15.2 Å². The molecule has 3 atom stereocenters. The second-order valence-corrected chi connectivity index (χ2v) is 5.33. The molecule has 4 nitrogen and oxygen atoms in total. The van der Waals surface area contributed by atoms with Crippen molar-refractivity contribution in [3.8, 4) is 5.75 Å². The fraction of sp³-hybridized carbons (Fsp3) is 0.278. The van der Waals surface area contributed by atoms with Crippen molar-refractivity contribution in [2.75, 3.05) is 0 Å². The van der Waals surface area contributed by atoms with E-state index >= 15 is 0 Å². The van der Waals surface area contributed by atoms with Crippen LogP contribution in [0, 0.1) is 5.82 Å². The van der Waals surface area contributed by atoms with Gasteiger partial charge in [0.15, 0.2) is 6.10 Å². The van der Waals surface area contributed by atoms with Gasteiger partial charge in [0.2, 0.25) is 0 Å². The highest BCUT2D eigenvalue weighted by Gasteiger charge is 2.26. The average Bonchev–Trinajstić information content (AvgIpc) is 2.54. The minimum absolute atomic E-state index is 0. The number of esters is 1.